The van der Waals surface area contributed by atoms with E-state index in [0.717, 1.165) is 16.1 Å². The number of anilines is 1. The number of carbonyl (C=O) groups excluding carboxylic acids is 1. The van der Waals surface area contributed by atoms with Gasteiger partial charge in [-0.25, -0.2) is 0 Å². The van der Waals surface area contributed by atoms with Gasteiger partial charge in [-0.3, -0.25) is 4.79 Å². The smallest absolute Gasteiger partial charge is 0.257 e. The number of aliphatic hydroxyl groups is 1. The molecule has 162 valence electrons. The lowest BCUT2D eigenvalue weighted by atomic mass is 10.0. The third-order valence-electron chi connectivity index (χ3n) is 5.00. The number of methoxy groups -OCH3 is 3. The molecule has 2 aromatic rings. The Labute approximate surface area is 181 Å². The standard InChI is InChI=1S/C22H28N2O5S/c1-23(2)10-11-24-15-8-6-7-9-18(15)30-21(19(25)22(24)26)14-12-16(27-3)20(29-5)17(13-14)28-4/h6-9,12-13,19,21,25H,10-11H2,1-5H3. The lowest BCUT2D eigenvalue weighted by Crippen LogP contribution is -2.43. The number of hydrogen-bond donors (Lipinski definition) is 1. The van der Waals surface area contributed by atoms with Crippen molar-refractivity contribution in [2.45, 2.75) is 16.2 Å². The summed E-state index contributed by atoms with van der Waals surface area (Å²) in [5, 5.41) is 10.6. The van der Waals surface area contributed by atoms with Gasteiger partial charge in [0.25, 0.3) is 5.91 Å². The number of ether oxygens (including phenoxy) is 3. The number of fused-ring (bicyclic) bond motifs is 1. The van der Waals surface area contributed by atoms with Crippen LogP contribution in [0.2, 0.25) is 0 Å². The van der Waals surface area contributed by atoms with Gasteiger partial charge in [-0.15, -0.1) is 11.8 Å². The Morgan fingerprint density at radius 2 is 1.70 bits per heavy atom. The maximum Gasteiger partial charge on any atom is 0.257 e. The number of nitrogens with zero attached hydrogens (tertiary/aromatic N) is 2. The fraction of sp³-hybridized carbons (Fsp3) is 0.409. The zero-order valence-corrected chi connectivity index (χ0v) is 18.7. The van der Waals surface area contributed by atoms with Crippen molar-refractivity contribution in [2.24, 2.45) is 0 Å². The summed E-state index contributed by atoms with van der Waals surface area (Å²) in [5.41, 5.74) is 1.53. The number of hydrogen-bond acceptors (Lipinski definition) is 7. The van der Waals surface area contributed by atoms with Gasteiger partial charge in [0, 0.05) is 18.0 Å². The summed E-state index contributed by atoms with van der Waals surface area (Å²) in [6.45, 7) is 1.18. The lowest BCUT2D eigenvalue weighted by Gasteiger charge is -2.26. The zero-order chi connectivity index (χ0) is 21.8. The molecule has 0 spiro atoms. The van der Waals surface area contributed by atoms with Gasteiger partial charge in [0.15, 0.2) is 11.5 Å². The molecule has 0 saturated carbocycles. The Bertz CT molecular complexity index is 880. The molecule has 2 unspecified atom stereocenters. The van der Waals surface area contributed by atoms with E-state index in [0.29, 0.717) is 30.3 Å². The summed E-state index contributed by atoms with van der Waals surface area (Å²) in [6, 6.07) is 11.3. The summed E-state index contributed by atoms with van der Waals surface area (Å²) >= 11 is 1.45. The maximum atomic E-state index is 13.3. The fourth-order valence-electron chi connectivity index (χ4n) is 3.44. The molecule has 1 N–H and O–H groups in total. The minimum absolute atomic E-state index is 0.326. The van der Waals surface area contributed by atoms with Crippen molar-refractivity contribution in [1.29, 1.82) is 0 Å². The summed E-state index contributed by atoms with van der Waals surface area (Å²) in [7, 11) is 8.54. The van der Waals surface area contributed by atoms with E-state index in [1.807, 2.05) is 43.3 Å². The van der Waals surface area contributed by atoms with E-state index in [4.69, 9.17) is 14.2 Å². The average Bonchev–Trinajstić information content (AvgIpc) is 2.86. The molecule has 1 heterocycles. The van der Waals surface area contributed by atoms with Gasteiger partial charge in [-0.1, -0.05) is 12.1 Å². The Balaban J connectivity index is 2.07. The summed E-state index contributed by atoms with van der Waals surface area (Å²) in [4.78, 5) is 17.9. The molecule has 0 bridgehead atoms. The highest BCUT2D eigenvalue weighted by Crippen LogP contribution is 2.49. The third-order valence-corrected chi connectivity index (χ3v) is 6.39. The molecule has 1 amide bonds. The van der Waals surface area contributed by atoms with Crippen LogP contribution in [0.15, 0.2) is 41.3 Å². The van der Waals surface area contributed by atoms with E-state index in [9.17, 15) is 9.90 Å². The predicted octanol–water partition coefficient (Wildman–Crippen LogP) is 2.81. The first-order chi connectivity index (χ1) is 14.4. The zero-order valence-electron chi connectivity index (χ0n) is 17.9. The Morgan fingerprint density at radius 1 is 1.07 bits per heavy atom. The van der Waals surface area contributed by atoms with Crippen molar-refractivity contribution in [3.63, 3.8) is 0 Å². The Morgan fingerprint density at radius 3 is 2.27 bits per heavy atom. The van der Waals surface area contributed by atoms with E-state index in [-0.39, 0.29) is 5.91 Å². The summed E-state index contributed by atoms with van der Waals surface area (Å²) < 4.78 is 16.3. The molecule has 0 aliphatic carbocycles. The first kappa shape index (κ1) is 22.3. The van der Waals surface area contributed by atoms with E-state index >= 15 is 0 Å². The van der Waals surface area contributed by atoms with Gasteiger partial charge in [-0.2, -0.15) is 0 Å². The van der Waals surface area contributed by atoms with Crippen molar-refractivity contribution in [2.75, 3.05) is 53.4 Å². The number of likely N-dealkylation sites (N-methyl/N-ethyl adjacent to an activating group) is 1. The SMILES string of the molecule is COc1cc(C2Sc3ccccc3N(CCN(C)C)C(=O)C2O)cc(OC)c1OC. The van der Waals surface area contributed by atoms with Crippen LogP contribution in [-0.4, -0.2) is 70.5 Å². The summed E-state index contributed by atoms with van der Waals surface area (Å²) in [6.07, 6.45) is -1.23. The van der Waals surface area contributed by atoms with Gasteiger partial charge in [0.05, 0.1) is 32.3 Å². The number of thioether (sulfide) groups is 1. The van der Waals surface area contributed by atoms with Crippen LogP contribution in [0, 0.1) is 0 Å². The minimum atomic E-state index is -1.23. The Hall–Kier alpha value is -2.42. The molecule has 1 aliphatic rings. The normalized spacial score (nSPS) is 18.8. The molecule has 1 aliphatic heterocycles. The number of amides is 1. The van der Waals surface area contributed by atoms with Gasteiger partial charge >= 0.3 is 0 Å². The molecule has 2 aromatic carbocycles. The van der Waals surface area contributed by atoms with Crippen molar-refractivity contribution in [1.82, 2.24) is 4.90 Å². The number of rotatable bonds is 7. The van der Waals surface area contributed by atoms with Crippen molar-refractivity contribution < 1.29 is 24.1 Å². The number of carbonyl (C=O) groups is 1. The molecule has 7 nitrogen and oxygen atoms in total. The van der Waals surface area contributed by atoms with Crippen molar-refractivity contribution in [3.05, 3.63) is 42.0 Å². The molecule has 0 radical (unpaired) electrons. The number of para-hydroxylation sites is 1. The molecular weight excluding hydrogens is 404 g/mol. The summed E-state index contributed by atoms with van der Waals surface area (Å²) in [5.74, 6) is 1.10. The van der Waals surface area contributed by atoms with Gasteiger partial charge < -0.3 is 29.1 Å². The van der Waals surface area contributed by atoms with Gasteiger partial charge in [-0.05, 0) is 43.9 Å². The molecule has 2 atom stereocenters. The molecular formula is C22H28N2O5S. The molecule has 30 heavy (non-hydrogen) atoms. The molecule has 0 fully saturated rings. The lowest BCUT2D eigenvalue weighted by molar-refractivity contribution is -0.126. The minimum Gasteiger partial charge on any atom is -0.493 e. The van der Waals surface area contributed by atoms with Crippen LogP contribution in [-0.2, 0) is 4.79 Å². The highest BCUT2D eigenvalue weighted by Gasteiger charge is 2.38. The molecule has 0 aromatic heterocycles. The van der Waals surface area contributed by atoms with Crippen LogP contribution in [0.4, 0.5) is 5.69 Å². The van der Waals surface area contributed by atoms with Crippen LogP contribution in [0.1, 0.15) is 10.8 Å². The average molecular weight is 433 g/mol. The van der Waals surface area contributed by atoms with E-state index in [1.165, 1.54) is 18.9 Å². The predicted molar refractivity (Wildman–Crippen MR) is 118 cm³/mol. The molecule has 8 heteroatoms. The van der Waals surface area contributed by atoms with E-state index in [1.54, 1.807) is 31.3 Å². The van der Waals surface area contributed by atoms with Crippen LogP contribution in [0.3, 0.4) is 0 Å². The third kappa shape index (κ3) is 4.35. The topological polar surface area (TPSA) is 71.5 Å². The van der Waals surface area contributed by atoms with Crippen LogP contribution >= 0.6 is 11.8 Å². The highest BCUT2D eigenvalue weighted by atomic mass is 32.2. The molecule has 3 rings (SSSR count). The van der Waals surface area contributed by atoms with E-state index < -0.39 is 11.4 Å². The fourth-order valence-corrected chi connectivity index (χ4v) is 4.68. The van der Waals surface area contributed by atoms with E-state index in [2.05, 4.69) is 0 Å². The van der Waals surface area contributed by atoms with Crippen LogP contribution in [0.5, 0.6) is 17.2 Å². The Kier molecular flexibility index (Phi) is 7.12. The van der Waals surface area contributed by atoms with Gasteiger partial charge in [0.1, 0.15) is 6.10 Å². The maximum absolute atomic E-state index is 13.3. The highest BCUT2D eigenvalue weighted by molar-refractivity contribution is 7.99. The first-order valence-electron chi connectivity index (χ1n) is 9.61. The van der Waals surface area contributed by atoms with Crippen LogP contribution < -0.4 is 19.1 Å². The van der Waals surface area contributed by atoms with Crippen molar-refractivity contribution in [3.8, 4) is 17.2 Å². The van der Waals surface area contributed by atoms with Crippen molar-refractivity contribution >= 4 is 23.4 Å². The monoisotopic (exact) mass is 432 g/mol. The molecule has 0 saturated heterocycles. The number of benzene rings is 2. The largest absolute Gasteiger partial charge is 0.493 e. The second kappa shape index (κ2) is 9.59. The second-order valence-electron chi connectivity index (χ2n) is 7.20. The number of aliphatic hydroxyl groups excluding tert-OH is 1. The second-order valence-corrected chi connectivity index (χ2v) is 8.39. The quantitative estimate of drug-likeness (QED) is 0.721. The first-order valence-corrected chi connectivity index (χ1v) is 10.5. The van der Waals surface area contributed by atoms with Gasteiger partial charge in [0.2, 0.25) is 5.75 Å². The van der Waals surface area contributed by atoms with Crippen LogP contribution in [0.25, 0.3) is 0 Å².